The van der Waals surface area contributed by atoms with E-state index in [1.807, 2.05) is 42.5 Å². The number of nitrogens with zero attached hydrogens (tertiary/aromatic N) is 1. The molecule has 0 aliphatic rings. The Balaban J connectivity index is 2.14. The standard InChI is InChI=1S/C13H9BrN2O/c14-9-3-6-11-12(7-9)17-13(16-11)8-1-4-10(15)5-2-8/h1-7H,15H2. The van der Waals surface area contributed by atoms with Gasteiger partial charge in [0.05, 0.1) is 0 Å². The van der Waals surface area contributed by atoms with Gasteiger partial charge in [-0.3, -0.25) is 0 Å². The van der Waals surface area contributed by atoms with Crippen molar-refractivity contribution in [3.63, 3.8) is 0 Å². The minimum atomic E-state index is 0.609. The van der Waals surface area contributed by atoms with Gasteiger partial charge in [0, 0.05) is 15.7 Å². The third-order valence-corrected chi connectivity index (χ3v) is 3.00. The molecule has 0 atom stereocenters. The predicted molar refractivity (Wildman–Crippen MR) is 71.6 cm³/mol. The highest BCUT2D eigenvalue weighted by molar-refractivity contribution is 9.10. The summed E-state index contributed by atoms with van der Waals surface area (Å²) in [7, 11) is 0. The van der Waals surface area contributed by atoms with Crippen LogP contribution in [0.5, 0.6) is 0 Å². The van der Waals surface area contributed by atoms with Crippen molar-refractivity contribution in [2.75, 3.05) is 5.73 Å². The summed E-state index contributed by atoms with van der Waals surface area (Å²) in [6, 6.07) is 13.2. The van der Waals surface area contributed by atoms with Gasteiger partial charge in [-0.1, -0.05) is 15.9 Å². The van der Waals surface area contributed by atoms with Crippen LogP contribution in [0, 0.1) is 0 Å². The number of benzene rings is 2. The molecular formula is C13H9BrN2O. The summed E-state index contributed by atoms with van der Waals surface area (Å²) in [5, 5.41) is 0. The molecule has 3 aromatic rings. The Morgan fingerprint density at radius 1 is 1.06 bits per heavy atom. The maximum absolute atomic E-state index is 5.69. The molecule has 0 fully saturated rings. The van der Waals surface area contributed by atoms with Gasteiger partial charge in [0.1, 0.15) is 5.52 Å². The molecule has 0 aliphatic carbocycles. The van der Waals surface area contributed by atoms with Gasteiger partial charge in [-0.15, -0.1) is 0 Å². The fourth-order valence-corrected chi connectivity index (χ4v) is 1.99. The number of nitrogens with two attached hydrogens (primary N) is 1. The highest BCUT2D eigenvalue weighted by Gasteiger charge is 2.07. The zero-order chi connectivity index (χ0) is 11.8. The summed E-state index contributed by atoms with van der Waals surface area (Å²) in [6.45, 7) is 0. The van der Waals surface area contributed by atoms with Crippen molar-refractivity contribution in [2.24, 2.45) is 0 Å². The number of anilines is 1. The lowest BCUT2D eigenvalue weighted by Gasteiger charge is -1.95. The normalized spacial score (nSPS) is 10.9. The molecule has 3 rings (SSSR count). The molecule has 0 saturated carbocycles. The number of halogens is 1. The molecule has 1 aromatic heterocycles. The summed E-state index contributed by atoms with van der Waals surface area (Å²) >= 11 is 3.40. The maximum Gasteiger partial charge on any atom is 0.227 e. The summed E-state index contributed by atoms with van der Waals surface area (Å²) in [6.07, 6.45) is 0. The first-order valence-corrected chi connectivity index (χ1v) is 5.94. The summed E-state index contributed by atoms with van der Waals surface area (Å²) in [5.74, 6) is 0.609. The molecule has 17 heavy (non-hydrogen) atoms. The van der Waals surface area contributed by atoms with E-state index < -0.39 is 0 Å². The van der Waals surface area contributed by atoms with E-state index in [4.69, 9.17) is 10.2 Å². The molecule has 0 radical (unpaired) electrons. The van der Waals surface area contributed by atoms with Crippen LogP contribution >= 0.6 is 15.9 Å². The number of oxazole rings is 1. The van der Waals surface area contributed by atoms with E-state index in [2.05, 4.69) is 20.9 Å². The predicted octanol–water partition coefficient (Wildman–Crippen LogP) is 3.84. The Bertz CT molecular complexity index is 673. The number of hydrogen-bond donors (Lipinski definition) is 1. The van der Waals surface area contributed by atoms with Gasteiger partial charge in [-0.05, 0) is 42.5 Å². The average molecular weight is 289 g/mol. The molecule has 0 unspecified atom stereocenters. The molecular weight excluding hydrogens is 280 g/mol. The molecule has 84 valence electrons. The Morgan fingerprint density at radius 2 is 1.82 bits per heavy atom. The molecule has 0 amide bonds. The lowest BCUT2D eigenvalue weighted by atomic mass is 10.2. The first-order valence-electron chi connectivity index (χ1n) is 5.14. The maximum atomic E-state index is 5.69. The van der Waals surface area contributed by atoms with Crippen LogP contribution in [0.3, 0.4) is 0 Å². The number of aromatic nitrogens is 1. The first kappa shape index (κ1) is 10.4. The summed E-state index contributed by atoms with van der Waals surface area (Å²) in [4.78, 5) is 4.43. The monoisotopic (exact) mass is 288 g/mol. The van der Waals surface area contributed by atoms with Crippen molar-refractivity contribution in [3.8, 4) is 11.5 Å². The second kappa shape index (κ2) is 3.89. The zero-order valence-corrected chi connectivity index (χ0v) is 10.4. The Labute approximate surface area is 106 Å². The second-order valence-electron chi connectivity index (χ2n) is 3.75. The molecule has 2 N–H and O–H groups in total. The molecule has 2 aromatic carbocycles. The van der Waals surface area contributed by atoms with E-state index in [9.17, 15) is 0 Å². The quantitative estimate of drug-likeness (QED) is 0.692. The third kappa shape index (κ3) is 1.91. The van der Waals surface area contributed by atoms with Gasteiger partial charge >= 0.3 is 0 Å². The highest BCUT2D eigenvalue weighted by atomic mass is 79.9. The minimum Gasteiger partial charge on any atom is -0.436 e. The lowest BCUT2D eigenvalue weighted by Crippen LogP contribution is -1.83. The number of hydrogen-bond acceptors (Lipinski definition) is 3. The lowest BCUT2D eigenvalue weighted by molar-refractivity contribution is 0.619. The number of rotatable bonds is 1. The van der Waals surface area contributed by atoms with E-state index in [0.717, 1.165) is 26.8 Å². The fourth-order valence-electron chi connectivity index (χ4n) is 1.65. The number of fused-ring (bicyclic) bond motifs is 1. The SMILES string of the molecule is Nc1ccc(-c2nc3ccc(Br)cc3o2)cc1. The van der Waals surface area contributed by atoms with E-state index in [-0.39, 0.29) is 0 Å². The van der Waals surface area contributed by atoms with Gasteiger partial charge in [-0.25, -0.2) is 4.98 Å². The van der Waals surface area contributed by atoms with E-state index in [1.165, 1.54) is 0 Å². The summed E-state index contributed by atoms with van der Waals surface area (Å²) in [5.41, 5.74) is 8.91. The van der Waals surface area contributed by atoms with E-state index in [1.54, 1.807) is 0 Å². The first-order chi connectivity index (χ1) is 8.22. The molecule has 1 heterocycles. The molecule has 3 nitrogen and oxygen atoms in total. The largest absolute Gasteiger partial charge is 0.436 e. The van der Waals surface area contributed by atoms with Gasteiger partial charge < -0.3 is 10.2 Å². The summed E-state index contributed by atoms with van der Waals surface area (Å²) < 4.78 is 6.67. The van der Waals surface area contributed by atoms with Crippen LogP contribution in [0.1, 0.15) is 0 Å². The van der Waals surface area contributed by atoms with Crippen molar-refractivity contribution in [2.45, 2.75) is 0 Å². The van der Waals surface area contributed by atoms with Crippen molar-refractivity contribution < 1.29 is 4.42 Å². The second-order valence-corrected chi connectivity index (χ2v) is 4.67. The Kier molecular flexibility index (Phi) is 2.37. The van der Waals surface area contributed by atoms with Crippen LogP contribution in [0.2, 0.25) is 0 Å². The van der Waals surface area contributed by atoms with Gasteiger partial charge in [-0.2, -0.15) is 0 Å². The van der Waals surface area contributed by atoms with Crippen molar-refractivity contribution in [1.82, 2.24) is 4.98 Å². The minimum absolute atomic E-state index is 0.609. The van der Waals surface area contributed by atoms with Crippen LogP contribution in [-0.4, -0.2) is 4.98 Å². The Hall–Kier alpha value is -1.81. The van der Waals surface area contributed by atoms with Gasteiger partial charge in [0.15, 0.2) is 5.58 Å². The topological polar surface area (TPSA) is 52.0 Å². The third-order valence-electron chi connectivity index (χ3n) is 2.51. The van der Waals surface area contributed by atoms with Crippen LogP contribution in [-0.2, 0) is 0 Å². The van der Waals surface area contributed by atoms with Crippen molar-refractivity contribution >= 4 is 32.7 Å². The molecule has 0 bridgehead atoms. The van der Waals surface area contributed by atoms with Crippen LogP contribution in [0.25, 0.3) is 22.6 Å². The van der Waals surface area contributed by atoms with Gasteiger partial charge in [0.2, 0.25) is 5.89 Å². The van der Waals surface area contributed by atoms with Crippen molar-refractivity contribution in [3.05, 3.63) is 46.9 Å². The number of nitrogen functional groups attached to an aromatic ring is 1. The van der Waals surface area contributed by atoms with Crippen molar-refractivity contribution in [1.29, 1.82) is 0 Å². The average Bonchev–Trinajstić information content (AvgIpc) is 2.72. The fraction of sp³-hybridized carbons (Fsp3) is 0. The van der Waals surface area contributed by atoms with Gasteiger partial charge in [0.25, 0.3) is 0 Å². The van der Waals surface area contributed by atoms with E-state index in [0.29, 0.717) is 5.89 Å². The smallest absolute Gasteiger partial charge is 0.227 e. The van der Waals surface area contributed by atoms with Crippen LogP contribution in [0.15, 0.2) is 51.4 Å². The zero-order valence-electron chi connectivity index (χ0n) is 8.85. The Morgan fingerprint density at radius 3 is 2.59 bits per heavy atom. The molecule has 0 spiro atoms. The molecule has 0 saturated heterocycles. The van der Waals surface area contributed by atoms with Crippen LogP contribution in [0.4, 0.5) is 5.69 Å². The molecule has 4 heteroatoms. The molecule has 0 aliphatic heterocycles. The van der Waals surface area contributed by atoms with E-state index >= 15 is 0 Å². The highest BCUT2D eigenvalue weighted by Crippen LogP contribution is 2.26. The van der Waals surface area contributed by atoms with Crippen LogP contribution < -0.4 is 5.73 Å².